The van der Waals surface area contributed by atoms with Crippen LogP contribution in [0.25, 0.3) is 10.9 Å². The predicted molar refractivity (Wildman–Crippen MR) is 104 cm³/mol. The molecule has 7 heteroatoms. The first-order chi connectivity index (χ1) is 12.9. The molecular formula is C20H17N3O3S. The number of H-pyrrole nitrogens is 1. The van der Waals surface area contributed by atoms with Crippen molar-refractivity contribution in [3.05, 3.63) is 84.3 Å². The van der Waals surface area contributed by atoms with E-state index in [0.717, 1.165) is 20.4 Å². The van der Waals surface area contributed by atoms with Gasteiger partial charge >= 0.3 is 0 Å². The number of benzene rings is 2. The maximum absolute atomic E-state index is 12.9. The number of hydrogen-bond acceptors (Lipinski definition) is 3. The van der Waals surface area contributed by atoms with Crippen LogP contribution >= 0.6 is 0 Å². The summed E-state index contributed by atoms with van der Waals surface area (Å²) >= 11 is 0. The summed E-state index contributed by atoms with van der Waals surface area (Å²) in [6.45, 7) is 1.93. The first kappa shape index (κ1) is 17.1. The van der Waals surface area contributed by atoms with Crippen molar-refractivity contribution in [3.63, 3.8) is 0 Å². The Labute approximate surface area is 156 Å². The molecule has 0 radical (unpaired) electrons. The molecule has 4 rings (SSSR count). The number of carbonyl (C=O) groups is 1. The summed E-state index contributed by atoms with van der Waals surface area (Å²) in [5.41, 5.74) is 2.81. The van der Waals surface area contributed by atoms with Crippen LogP contribution in [-0.4, -0.2) is 23.3 Å². The minimum atomic E-state index is -3.78. The normalized spacial score (nSPS) is 11.6. The lowest BCUT2D eigenvalue weighted by Gasteiger charge is -2.06. The van der Waals surface area contributed by atoms with Crippen molar-refractivity contribution < 1.29 is 13.2 Å². The average molecular weight is 379 g/mol. The summed E-state index contributed by atoms with van der Waals surface area (Å²) in [5, 5.41) is 3.58. The zero-order valence-corrected chi connectivity index (χ0v) is 15.3. The average Bonchev–Trinajstić information content (AvgIpc) is 3.31. The molecule has 0 aliphatic heterocycles. The van der Waals surface area contributed by atoms with Crippen LogP contribution in [0.2, 0.25) is 0 Å². The molecule has 136 valence electrons. The molecule has 0 saturated heterocycles. The number of hydrogen-bond donors (Lipinski definition) is 2. The molecule has 1 amide bonds. The van der Waals surface area contributed by atoms with E-state index in [1.54, 1.807) is 30.5 Å². The van der Waals surface area contributed by atoms with Gasteiger partial charge in [-0.15, -0.1) is 0 Å². The highest BCUT2D eigenvalue weighted by Gasteiger charge is 2.19. The minimum Gasteiger partial charge on any atom is -0.361 e. The van der Waals surface area contributed by atoms with E-state index < -0.39 is 10.0 Å². The van der Waals surface area contributed by atoms with E-state index in [-0.39, 0.29) is 16.4 Å². The SMILES string of the molecule is Cc1cccc(NC(=O)c2ccn(S(=O)(=O)c3ccc4[nH]ccc4c3)c2)c1. The van der Waals surface area contributed by atoms with Crippen molar-refractivity contribution in [1.29, 1.82) is 0 Å². The van der Waals surface area contributed by atoms with Gasteiger partial charge in [-0.05, 0) is 55.0 Å². The van der Waals surface area contributed by atoms with Gasteiger partial charge in [0.1, 0.15) is 0 Å². The molecule has 0 aliphatic rings. The standard InChI is InChI=1S/C20H17N3O3S/c1-14-3-2-4-17(11-14)22-20(24)16-8-10-23(13-16)27(25,26)18-5-6-19-15(12-18)7-9-21-19/h2-13,21H,1H3,(H,22,24). The maximum atomic E-state index is 12.9. The number of carbonyl (C=O) groups excluding carboxylic acids is 1. The fourth-order valence-corrected chi connectivity index (χ4v) is 4.13. The van der Waals surface area contributed by atoms with Crippen LogP contribution in [0.5, 0.6) is 0 Å². The highest BCUT2D eigenvalue weighted by molar-refractivity contribution is 7.90. The molecule has 27 heavy (non-hydrogen) atoms. The van der Waals surface area contributed by atoms with Crippen molar-refractivity contribution in [1.82, 2.24) is 8.96 Å². The maximum Gasteiger partial charge on any atom is 0.267 e. The van der Waals surface area contributed by atoms with Crippen LogP contribution in [0, 0.1) is 6.92 Å². The van der Waals surface area contributed by atoms with Gasteiger partial charge in [-0.1, -0.05) is 12.1 Å². The fourth-order valence-electron chi connectivity index (χ4n) is 2.90. The largest absolute Gasteiger partial charge is 0.361 e. The third kappa shape index (κ3) is 3.24. The van der Waals surface area contributed by atoms with Crippen molar-refractivity contribution in [2.75, 3.05) is 5.32 Å². The van der Waals surface area contributed by atoms with Crippen LogP contribution in [0.15, 0.2) is 78.1 Å². The number of aryl methyl sites for hydroxylation is 1. The Hall–Kier alpha value is -3.32. The minimum absolute atomic E-state index is 0.163. The molecule has 0 saturated carbocycles. The van der Waals surface area contributed by atoms with Crippen LogP contribution in [0.4, 0.5) is 5.69 Å². The molecule has 0 fully saturated rings. The number of aromatic amines is 1. The molecule has 0 aliphatic carbocycles. The number of anilines is 1. The van der Waals surface area contributed by atoms with Crippen molar-refractivity contribution in [2.45, 2.75) is 11.8 Å². The Morgan fingerprint density at radius 3 is 2.74 bits per heavy atom. The fraction of sp³-hybridized carbons (Fsp3) is 0.0500. The van der Waals surface area contributed by atoms with E-state index in [1.807, 2.05) is 31.2 Å². The van der Waals surface area contributed by atoms with E-state index in [0.29, 0.717) is 5.69 Å². The molecule has 2 aromatic heterocycles. The number of aromatic nitrogens is 2. The van der Waals surface area contributed by atoms with Gasteiger partial charge in [0.15, 0.2) is 0 Å². The van der Waals surface area contributed by atoms with Crippen LogP contribution in [-0.2, 0) is 10.0 Å². The molecule has 6 nitrogen and oxygen atoms in total. The second-order valence-corrected chi connectivity index (χ2v) is 8.13. The van der Waals surface area contributed by atoms with E-state index in [1.165, 1.54) is 18.5 Å². The first-order valence-corrected chi connectivity index (χ1v) is 9.76. The van der Waals surface area contributed by atoms with Crippen LogP contribution < -0.4 is 5.32 Å². The van der Waals surface area contributed by atoms with Gasteiger partial charge in [0.2, 0.25) is 0 Å². The second kappa shape index (κ2) is 6.44. The number of rotatable bonds is 4. The lowest BCUT2D eigenvalue weighted by Crippen LogP contribution is -2.13. The topological polar surface area (TPSA) is 84.0 Å². The van der Waals surface area contributed by atoms with E-state index >= 15 is 0 Å². The number of nitrogens with one attached hydrogen (secondary N) is 2. The lowest BCUT2D eigenvalue weighted by molar-refractivity contribution is 0.102. The second-order valence-electron chi connectivity index (χ2n) is 6.29. The molecule has 0 bridgehead atoms. The van der Waals surface area contributed by atoms with E-state index in [2.05, 4.69) is 10.3 Å². The Balaban J connectivity index is 1.61. The first-order valence-electron chi connectivity index (χ1n) is 8.32. The Morgan fingerprint density at radius 2 is 1.93 bits per heavy atom. The molecule has 2 aromatic carbocycles. The monoisotopic (exact) mass is 379 g/mol. The van der Waals surface area contributed by atoms with Gasteiger partial charge in [-0.25, -0.2) is 12.4 Å². The Kier molecular flexibility index (Phi) is 4.08. The predicted octanol–water partition coefficient (Wildman–Crippen LogP) is 3.77. The number of fused-ring (bicyclic) bond motifs is 1. The Morgan fingerprint density at radius 1 is 1.07 bits per heavy atom. The van der Waals surface area contributed by atoms with E-state index in [9.17, 15) is 13.2 Å². The Bertz CT molecular complexity index is 1250. The zero-order chi connectivity index (χ0) is 19.0. The summed E-state index contributed by atoms with van der Waals surface area (Å²) in [6, 6.07) is 15.6. The van der Waals surface area contributed by atoms with Crippen molar-refractivity contribution in [2.24, 2.45) is 0 Å². The van der Waals surface area contributed by atoms with Gasteiger partial charge in [0, 0.05) is 35.2 Å². The molecule has 2 N–H and O–H groups in total. The van der Waals surface area contributed by atoms with Gasteiger partial charge in [0.05, 0.1) is 10.5 Å². The highest BCUT2D eigenvalue weighted by atomic mass is 32.2. The zero-order valence-electron chi connectivity index (χ0n) is 14.5. The molecule has 4 aromatic rings. The highest BCUT2D eigenvalue weighted by Crippen LogP contribution is 2.21. The summed E-state index contributed by atoms with van der Waals surface area (Å²) in [6.07, 6.45) is 4.45. The summed E-state index contributed by atoms with van der Waals surface area (Å²) in [4.78, 5) is 15.6. The molecule has 0 unspecified atom stereocenters. The van der Waals surface area contributed by atoms with Gasteiger partial charge in [0.25, 0.3) is 15.9 Å². The summed E-state index contributed by atoms with van der Waals surface area (Å²) in [7, 11) is -3.78. The van der Waals surface area contributed by atoms with Crippen molar-refractivity contribution in [3.8, 4) is 0 Å². The number of amides is 1. The number of nitrogens with zero attached hydrogens (tertiary/aromatic N) is 1. The lowest BCUT2D eigenvalue weighted by atomic mass is 10.2. The smallest absolute Gasteiger partial charge is 0.267 e. The quantitative estimate of drug-likeness (QED) is 0.566. The summed E-state index contributed by atoms with van der Waals surface area (Å²) in [5.74, 6) is -0.365. The van der Waals surface area contributed by atoms with Gasteiger partial charge in [-0.2, -0.15) is 0 Å². The van der Waals surface area contributed by atoms with Gasteiger partial charge in [-0.3, -0.25) is 4.79 Å². The van der Waals surface area contributed by atoms with Gasteiger partial charge < -0.3 is 10.3 Å². The van der Waals surface area contributed by atoms with Crippen LogP contribution in [0.3, 0.4) is 0 Å². The van der Waals surface area contributed by atoms with E-state index in [4.69, 9.17) is 0 Å². The molecular weight excluding hydrogens is 362 g/mol. The molecule has 0 atom stereocenters. The molecule has 2 heterocycles. The van der Waals surface area contributed by atoms with Crippen molar-refractivity contribution >= 4 is 32.5 Å². The summed E-state index contributed by atoms with van der Waals surface area (Å²) < 4.78 is 26.8. The molecule has 0 spiro atoms. The third-order valence-corrected chi connectivity index (χ3v) is 5.94. The van der Waals surface area contributed by atoms with Crippen LogP contribution in [0.1, 0.15) is 15.9 Å². The third-order valence-electron chi connectivity index (χ3n) is 4.31.